The highest BCUT2D eigenvalue weighted by Crippen LogP contribution is 2.25. The fourth-order valence-electron chi connectivity index (χ4n) is 4.80. The molecule has 2 atom stereocenters. The number of para-hydroxylation sites is 1. The Balaban J connectivity index is 1.43. The van der Waals surface area contributed by atoms with Crippen LogP contribution in [0.5, 0.6) is 0 Å². The topological polar surface area (TPSA) is 137 Å². The number of nitrogens with one attached hydrogen (secondary N) is 4. The molecule has 0 saturated carbocycles. The molecule has 246 valence electrons. The van der Waals surface area contributed by atoms with Crippen molar-refractivity contribution in [3.05, 3.63) is 65.2 Å². The lowest BCUT2D eigenvalue weighted by atomic mass is 9.97. The van der Waals surface area contributed by atoms with Gasteiger partial charge in [0.05, 0.1) is 12.2 Å². The first-order chi connectivity index (χ1) is 21.7. The van der Waals surface area contributed by atoms with Crippen LogP contribution in [0.25, 0.3) is 0 Å². The molecule has 1 heterocycles. The second-order valence-corrected chi connectivity index (χ2v) is 13.2. The van der Waals surface area contributed by atoms with Crippen LogP contribution in [0.4, 0.5) is 5.69 Å². The number of anilines is 1. The van der Waals surface area contributed by atoms with Gasteiger partial charge in [0, 0.05) is 43.5 Å². The molecule has 0 saturated heterocycles. The van der Waals surface area contributed by atoms with E-state index in [4.69, 9.17) is 0 Å². The van der Waals surface area contributed by atoms with Crippen molar-refractivity contribution in [1.82, 2.24) is 21.3 Å². The van der Waals surface area contributed by atoms with Gasteiger partial charge < -0.3 is 26.2 Å². The molecule has 0 aromatic heterocycles. The second-order valence-electron chi connectivity index (χ2n) is 13.2. The van der Waals surface area contributed by atoms with Crippen molar-refractivity contribution in [3.8, 4) is 11.8 Å². The third-order valence-corrected chi connectivity index (χ3v) is 7.45. The monoisotopic (exact) mass is 629 g/mol. The molecule has 2 aromatic rings. The number of fused-ring (bicyclic) bond motifs is 2. The summed E-state index contributed by atoms with van der Waals surface area (Å²) in [6.45, 7) is 12.2. The Bertz CT molecular complexity index is 1480. The number of hydrogen-bond acceptors (Lipinski definition) is 5. The summed E-state index contributed by atoms with van der Waals surface area (Å²) in [6, 6.07) is 13.7. The van der Waals surface area contributed by atoms with Gasteiger partial charge in [-0.1, -0.05) is 76.8 Å². The Kier molecular flexibility index (Phi) is 12.9. The average molecular weight is 630 g/mol. The molecule has 46 heavy (non-hydrogen) atoms. The van der Waals surface area contributed by atoms with Crippen LogP contribution in [-0.2, 0) is 30.5 Å². The number of carbonyl (C=O) groups excluding carboxylic acids is 5. The molecule has 0 aliphatic carbocycles. The Morgan fingerprint density at radius 3 is 2.11 bits per heavy atom. The molecule has 5 amide bonds. The lowest BCUT2D eigenvalue weighted by molar-refractivity contribution is -0.132. The number of rotatable bonds is 13. The number of hydrogen-bond donors (Lipinski definition) is 4. The third-order valence-electron chi connectivity index (χ3n) is 7.45. The first-order valence-electron chi connectivity index (χ1n) is 15.9. The van der Waals surface area contributed by atoms with Crippen molar-refractivity contribution in [2.45, 2.75) is 85.9 Å². The van der Waals surface area contributed by atoms with Crippen molar-refractivity contribution in [1.29, 1.82) is 0 Å². The van der Waals surface area contributed by atoms with E-state index in [2.05, 4.69) is 33.1 Å². The van der Waals surface area contributed by atoms with Crippen LogP contribution >= 0.6 is 0 Å². The van der Waals surface area contributed by atoms with Crippen molar-refractivity contribution < 1.29 is 24.0 Å². The maximum Gasteiger partial charge on any atom is 0.243 e. The molecular formula is C36H47N5O5. The summed E-state index contributed by atoms with van der Waals surface area (Å²) in [6.07, 6.45) is 0.530. The smallest absolute Gasteiger partial charge is 0.243 e. The van der Waals surface area contributed by atoms with Crippen molar-refractivity contribution in [3.63, 3.8) is 0 Å². The quantitative estimate of drug-likeness (QED) is 0.252. The minimum Gasteiger partial charge on any atom is -0.356 e. The Labute approximate surface area is 272 Å². The average Bonchev–Trinajstić information content (AvgIpc) is 2.99. The molecule has 10 heteroatoms. The van der Waals surface area contributed by atoms with Crippen LogP contribution in [0.15, 0.2) is 48.5 Å². The fraction of sp³-hybridized carbons (Fsp3) is 0.472. The van der Waals surface area contributed by atoms with Gasteiger partial charge in [0.15, 0.2) is 0 Å². The normalized spacial score (nSPS) is 13.4. The van der Waals surface area contributed by atoms with Crippen molar-refractivity contribution in [2.75, 3.05) is 18.0 Å². The summed E-state index contributed by atoms with van der Waals surface area (Å²) < 4.78 is 0. The lowest BCUT2D eigenvalue weighted by Gasteiger charge is -2.26. The van der Waals surface area contributed by atoms with E-state index in [-0.39, 0.29) is 67.2 Å². The Morgan fingerprint density at radius 1 is 0.783 bits per heavy atom. The predicted molar refractivity (Wildman–Crippen MR) is 178 cm³/mol. The molecular weight excluding hydrogens is 582 g/mol. The van der Waals surface area contributed by atoms with Gasteiger partial charge in [-0.25, -0.2) is 0 Å². The van der Waals surface area contributed by atoms with Crippen molar-refractivity contribution >= 4 is 35.2 Å². The summed E-state index contributed by atoms with van der Waals surface area (Å²) in [7, 11) is 0. The fourth-order valence-corrected chi connectivity index (χ4v) is 4.80. The summed E-state index contributed by atoms with van der Waals surface area (Å²) in [4.78, 5) is 65.4. The number of nitrogens with zero attached hydrogens (tertiary/aromatic N) is 1. The van der Waals surface area contributed by atoms with Crippen LogP contribution in [-0.4, -0.2) is 54.7 Å². The zero-order valence-corrected chi connectivity index (χ0v) is 27.8. The maximum absolute atomic E-state index is 13.3. The Morgan fingerprint density at radius 2 is 1.41 bits per heavy atom. The predicted octanol–water partition coefficient (Wildman–Crippen LogP) is 3.42. The summed E-state index contributed by atoms with van der Waals surface area (Å²) >= 11 is 0. The van der Waals surface area contributed by atoms with E-state index in [1.54, 1.807) is 11.8 Å². The maximum atomic E-state index is 13.3. The minimum absolute atomic E-state index is 0.0511. The van der Waals surface area contributed by atoms with Crippen LogP contribution in [0.3, 0.4) is 0 Å². The van der Waals surface area contributed by atoms with Crippen LogP contribution in [0.1, 0.15) is 83.9 Å². The van der Waals surface area contributed by atoms with Crippen LogP contribution in [0, 0.1) is 23.2 Å². The summed E-state index contributed by atoms with van der Waals surface area (Å²) in [5, 5.41) is 11.0. The van der Waals surface area contributed by atoms with Gasteiger partial charge in [0.2, 0.25) is 29.5 Å². The van der Waals surface area contributed by atoms with E-state index >= 15 is 0 Å². The number of benzene rings is 2. The highest BCUT2D eigenvalue weighted by Gasteiger charge is 2.27. The highest BCUT2D eigenvalue weighted by molar-refractivity contribution is 5.95. The summed E-state index contributed by atoms with van der Waals surface area (Å²) in [5.74, 6) is 4.66. The largest absolute Gasteiger partial charge is 0.356 e. The van der Waals surface area contributed by atoms with Gasteiger partial charge in [-0.3, -0.25) is 24.0 Å². The molecule has 1 unspecified atom stereocenters. The van der Waals surface area contributed by atoms with Gasteiger partial charge in [0.1, 0.15) is 12.1 Å². The van der Waals surface area contributed by atoms with Gasteiger partial charge >= 0.3 is 0 Å². The lowest BCUT2D eigenvalue weighted by Crippen LogP contribution is -2.54. The Hall–Kier alpha value is -4.65. The molecule has 0 radical (unpaired) electrons. The number of amides is 5. The molecule has 4 N–H and O–H groups in total. The molecule has 0 fully saturated rings. The van der Waals surface area contributed by atoms with E-state index in [0.29, 0.717) is 13.1 Å². The molecule has 0 spiro atoms. The summed E-state index contributed by atoms with van der Waals surface area (Å²) in [5.41, 5.74) is 3.24. The molecule has 0 bridgehead atoms. The molecule has 2 aromatic carbocycles. The zero-order valence-electron chi connectivity index (χ0n) is 27.8. The van der Waals surface area contributed by atoms with Crippen LogP contribution in [0.2, 0.25) is 0 Å². The van der Waals surface area contributed by atoms with E-state index in [1.165, 1.54) is 0 Å². The SMILES string of the molecule is CC(C)C(NC(=O)CCCC(=O)NCCC(=O)N1Cc2ccccc2C#Cc2ccccc21)C(=O)N[C@@H](C)C(=O)NCC(C)(C)C. The molecule has 10 nitrogen and oxygen atoms in total. The van der Waals surface area contributed by atoms with Gasteiger partial charge in [-0.15, -0.1) is 0 Å². The van der Waals surface area contributed by atoms with E-state index in [1.807, 2.05) is 83.1 Å². The van der Waals surface area contributed by atoms with Crippen LogP contribution < -0.4 is 26.2 Å². The molecule has 1 aliphatic heterocycles. The number of carbonyl (C=O) groups is 5. The standard InChI is InChI=1S/C36H47N5O5/c1-24(2)33(35(46)39-25(3)34(45)38-23-36(4,5)6)40-31(43)17-11-16-30(42)37-21-20-32(44)41-22-28-14-8-7-12-26(28)18-19-27-13-9-10-15-29(27)41/h7-10,12-15,24-25,33H,11,16-17,20-23H2,1-6H3,(H,37,42)(H,38,45)(H,39,46)(H,40,43)/t25-,33?/m0/s1. The van der Waals surface area contributed by atoms with E-state index in [0.717, 1.165) is 22.4 Å². The first-order valence-corrected chi connectivity index (χ1v) is 15.9. The van der Waals surface area contributed by atoms with Gasteiger partial charge in [-0.2, -0.15) is 0 Å². The first kappa shape index (κ1) is 35.8. The zero-order chi connectivity index (χ0) is 33.9. The third kappa shape index (κ3) is 11.1. The van der Waals surface area contributed by atoms with E-state index < -0.39 is 18.0 Å². The van der Waals surface area contributed by atoms with Crippen molar-refractivity contribution in [2.24, 2.45) is 11.3 Å². The highest BCUT2D eigenvalue weighted by atomic mass is 16.2. The minimum atomic E-state index is -0.823. The second kappa shape index (κ2) is 16.6. The van der Waals surface area contributed by atoms with Gasteiger partial charge in [-0.05, 0) is 48.4 Å². The van der Waals surface area contributed by atoms with Gasteiger partial charge in [0.25, 0.3) is 0 Å². The van der Waals surface area contributed by atoms with E-state index in [9.17, 15) is 24.0 Å². The molecule has 3 rings (SSSR count). The molecule has 1 aliphatic rings.